The molecule has 0 radical (unpaired) electrons. The van der Waals surface area contributed by atoms with Gasteiger partial charge in [0.25, 0.3) is 6.43 Å². The number of aliphatic hydroxyl groups excluding tert-OH is 1. The molecule has 0 aliphatic carbocycles. The summed E-state index contributed by atoms with van der Waals surface area (Å²) in [5.74, 6) is 0. The van der Waals surface area contributed by atoms with Gasteiger partial charge in [-0.15, -0.1) is 0 Å². The van der Waals surface area contributed by atoms with Crippen LogP contribution in [0.25, 0.3) is 0 Å². The monoisotopic (exact) mass is 280 g/mol. The van der Waals surface area contributed by atoms with E-state index in [0.29, 0.717) is 19.1 Å². The van der Waals surface area contributed by atoms with E-state index in [1.165, 1.54) is 0 Å². The Bertz CT molecular complexity index is 220. The molecule has 0 aromatic carbocycles. The summed E-state index contributed by atoms with van der Waals surface area (Å²) in [5.41, 5.74) is 0.102. The molecule has 1 atom stereocenters. The molecule has 19 heavy (non-hydrogen) atoms. The fourth-order valence-electron chi connectivity index (χ4n) is 2.10. The van der Waals surface area contributed by atoms with Crippen LogP contribution in [0.15, 0.2) is 0 Å². The van der Waals surface area contributed by atoms with Crippen LogP contribution in [-0.4, -0.2) is 55.3 Å². The van der Waals surface area contributed by atoms with Gasteiger partial charge in [0, 0.05) is 12.6 Å². The van der Waals surface area contributed by atoms with Crippen LogP contribution in [0.5, 0.6) is 0 Å². The SMILES string of the molecule is CCCNC(CCN(CCO)CC(F)F)C(C)(C)C. The highest BCUT2D eigenvalue weighted by Gasteiger charge is 2.24. The van der Waals surface area contributed by atoms with Crippen molar-refractivity contribution in [2.45, 2.75) is 53.0 Å². The summed E-state index contributed by atoms with van der Waals surface area (Å²) in [7, 11) is 0. The largest absolute Gasteiger partial charge is 0.395 e. The van der Waals surface area contributed by atoms with Crippen LogP contribution in [0.1, 0.15) is 40.5 Å². The van der Waals surface area contributed by atoms with Crippen LogP contribution in [0.2, 0.25) is 0 Å². The number of hydrogen-bond donors (Lipinski definition) is 2. The second-order valence-corrected chi connectivity index (χ2v) is 6.08. The van der Waals surface area contributed by atoms with E-state index in [4.69, 9.17) is 5.11 Å². The molecule has 0 aromatic heterocycles. The smallest absolute Gasteiger partial charge is 0.251 e. The lowest BCUT2D eigenvalue weighted by atomic mass is 9.84. The van der Waals surface area contributed by atoms with Crippen molar-refractivity contribution in [1.29, 1.82) is 0 Å². The van der Waals surface area contributed by atoms with E-state index in [1.54, 1.807) is 4.90 Å². The van der Waals surface area contributed by atoms with Crippen molar-refractivity contribution in [3.63, 3.8) is 0 Å². The lowest BCUT2D eigenvalue weighted by molar-refractivity contribution is 0.0731. The Kier molecular flexibility index (Phi) is 9.48. The first-order valence-electron chi connectivity index (χ1n) is 7.16. The van der Waals surface area contributed by atoms with Crippen LogP contribution < -0.4 is 5.32 Å². The second-order valence-electron chi connectivity index (χ2n) is 6.08. The van der Waals surface area contributed by atoms with E-state index in [1.807, 2.05) is 0 Å². The van der Waals surface area contributed by atoms with Gasteiger partial charge in [0.15, 0.2) is 0 Å². The Morgan fingerprint density at radius 3 is 2.26 bits per heavy atom. The van der Waals surface area contributed by atoms with Crippen molar-refractivity contribution in [3.8, 4) is 0 Å². The highest BCUT2D eigenvalue weighted by molar-refractivity contribution is 4.81. The van der Waals surface area contributed by atoms with Crippen molar-refractivity contribution >= 4 is 0 Å². The molecule has 0 amide bonds. The molecule has 3 nitrogen and oxygen atoms in total. The predicted octanol–water partition coefficient (Wildman–Crippen LogP) is 2.35. The number of nitrogens with zero attached hydrogens (tertiary/aromatic N) is 1. The minimum Gasteiger partial charge on any atom is -0.395 e. The highest BCUT2D eigenvalue weighted by Crippen LogP contribution is 2.22. The molecule has 2 N–H and O–H groups in total. The van der Waals surface area contributed by atoms with Gasteiger partial charge >= 0.3 is 0 Å². The molecule has 0 rings (SSSR count). The van der Waals surface area contributed by atoms with Crippen LogP contribution in [-0.2, 0) is 0 Å². The van der Waals surface area contributed by atoms with Crippen LogP contribution in [0.3, 0.4) is 0 Å². The van der Waals surface area contributed by atoms with Crippen molar-refractivity contribution in [1.82, 2.24) is 10.2 Å². The lowest BCUT2D eigenvalue weighted by Crippen LogP contribution is -2.44. The van der Waals surface area contributed by atoms with E-state index >= 15 is 0 Å². The molecule has 0 saturated carbocycles. The molecule has 0 saturated heterocycles. The average Bonchev–Trinajstić information content (AvgIpc) is 2.26. The van der Waals surface area contributed by atoms with E-state index in [9.17, 15) is 8.78 Å². The fourth-order valence-corrected chi connectivity index (χ4v) is 2.10. The molecule has 0 fully saturated rings. The van der Waals surface area contributed by atoms with Crippen molar-refractivity contribution < 1.29 is 13.9 Å². The van der Waals surface area contributed by atoms with E-state index < -0.39 is 6.43 Å². The molecular weight excluding hydrogens is 250 g/mol. The molecule has 0 bridgehead atoms. The summed E-state index contributed by atoms with van der Waals surface area (Å²) in [6.45, 7) is 10.1. The summed E-state index contributed by atoms with van der Waals surface area (Å²) in [6, 6.07) is 0.298. The van der Waals surface area contributed by atoms with Gasteiger partial charge < -0.3 is 10.4 Å². The maximum absolute atomic E-state index is 12.4. The van der Waals surface area contributed by atoms with Crippen molar-refractivity contribution in [2.24, 2.45) is 5.41 Å². The predicted molar refractivity (Wildman–Crippen MR) is 75.7 cm³/mol. The summed E-state index contributed by atoms with van der Waals surface area (Å²) < 4.78 is 24.9. The Morgan fingerprint density at radius 1 is 1.21 bits per heavy atom. The Morgan fingerprint density at radius 2 is 1.84 bits per heavy atom. The summed E-state index contributed by atoms with van der Waals surface area (Å²) in [6.07, 6.45) is -0.469. The number of aliphatic hydroxyl groups is 1. The molecule has 5 heteroatoms. The minimum atomic E-state index is -2.34. The standard InChI is InChI=1S/C14H30F2N2O/c1-5-7-17-12(14(2,3)4)6-8-18(9-10-19)11-13(15)16/h12-13,17,19H,5-11H2,1-4H3. The lowest BCUT2D eigenvalue weighted by Gasteiger charge is -2.33. The topological polar surface area (TPSA) is 35.5 Å². The Hall–Kier alpha value is -0.260. The van der Waals surface area contributed by atoms with Crippen molar-refractivity contribution in [2.75, 3.05) is 32.8 Å². The molecule has 0 heterocycles. The quantitative estimate of drug-likeness (QED) is 0.645. The van der Waals surface area contributed by atoms with Gasteiger partial charge in [0.2, 0.25) is 0 Å². The molecule has 0 aliphatic heterocycles. The van der Waals surface area contributed by atoms with Gasteiger partial charge in [-0.1, -0.05) is 27.7 Å². The minimum absolute atomic E-state index is 0.0741. The number of nitrogens with one attached hydrogen (secondary N) is 1. The number of rotatable bonds is 10. The van der Waals surface area contributed by atoms with Crippen molar-refractivity contribution in [3.05, 3.63) is 0 Å². The van der Waals surface area contributed by atoms with Crippen LogP contribution >= 0.6 is 0 Å². The maximum atomic E-state index is 12.4. The highest BCUT2D eigenvalue weighted by atomic mass is 19.3. The van der Waals surface area contributed by atoms with E-state index in [-0.39, 0.29) is 18.6 Å². The number of alkyl halides is 2. The Labute approximate surface area is 116 Å². The third-order valence-electron chi connectivity index (χ3n) is 3.23. The van der Waals surface area contributed by atoms with Gasteiger partial charge in [0.1, 0.15) is 0 Å². The first-order chi connectivity index (χ1) is 8.81. The zero-order valence-electron chi connectivity index (χ0n) is 12.8. The molecule has 1 unspecified atom stereocenters. The average molecular weight is 280 g/mol. The van der Waals surface area contributed by atoms with Gasteiger partial charge in [-0.05, 0) is 31.3 Å². The zero-order valence-corrected chi connectivity index (χ0v) is 12.8. The second kappa shape index (κ2) is 9.61. The zero-order chi connectivity index (χ0) is 14.9. The first kappa shape index (κ1) is 18.7. The first-order valence-corrected chi connectivity index (χ1v) is 7.16. The summed E-state index contributed by atoms with van der Waals surface area (Å²) in [5, 5.41) is 12.4. The maximum Gasteiger partial charge on any atom is 0.251 e. The molecule has 116 valence electrons. The van der Waals surface area contributed by atoms with Gasteiger partial charge in [-0.2, -0.15) is 0 Å². The summed E-state index contributed by atoms with van der Waals surface area (Å²) in [4.78, 5) is 1.64. The molecule has 0 aromatic rings. The Balaban J connectivity index is 4.31. The number of halogens is 2. The molecule has 0 aliphatic rings. The van der Waals surface area contributed by atoms with E-state index in [0.717, 1.165) is 19.4 Å². The molecular formula is C14H30F2N2O. The van der Waals surface area contributed by atoms with Gasteiger partial charge in [-0.25, -0.2) is 8.78 Å². The molecule has 0 spiro atoms. The van der Waals surface area contributed by atoms with Crippen LogP contribution in [0.4, 0.5) is 8.78 Å². The van der Waals surface area contributed by atoms with E-state index in [2.05, 4.69) is 33.0 Å². The van der Waals surface area contributed by atoms with Crippen LogP contribution in [0, 0.1) is 5.41 Å². The summed E-state index contributed by atoms with van der Waals surface area (Å²) >= 11 is 0. The third-order valence-corrected chi connectivity index (χ3v) is 3.23. The third kappa shape index (κ3) is 9.30. The normalized spacial score (nSPS) is 14.4. The van der Waals surface area contributed by atoms with Gasteiger partial charge in [-0.3, -0.25) is 4.90 Å². The van der Waals surface area contributed by atoms with Gasteiger partial charge in [0.05, 0.1) is 13.2 Å². The fraction of sp³-hybridized carbons (Fsp3) is 1.00. The number of hydrogen-bond acceptors (Lipinski definition) is 3.